The van der Waals surface area contributed by atoms with Crippen molar-refractivity contribution in [1.82, 2.24) is 14.5 Å². The molecule has 182 valence electrons. The molecule has 1 atom stereocenters. The summed E-state index contributed by atoms with van der Waals surface area (Å²) in [5, 5.41) is 0.0727. The third-order valence-corrected chi connectivity index (χ3v) is 7.51. The molecule has 2 aromatic rings. The largest absolute Gasteiger partial charge is 0.376 e. The summed E-state index contributed by atoms with van der Waals surface area (Å²) in [6.45, 7) is 11.8. The monoisotopic (exact) mass is 475 g/mol. The number of ether oxygens (including phenoxy) is 1. The average Bonchev–Trinajstić information content (AvgIpc) is 3.39. The van der Waals surface area contributed by atoms with Crippen molar-refractivity contribution in [2.75, 3.05) is 13.2 Å². The highest BCUT2D eigenvalue weighted by atomic mass is 32.2. The maximum absolute atomic E-state index is 13.4. The number of aromatic nitrogens is 2. The first kappa shape index (κ1) is 25.4. The lowest BCUT2D eigenvalue weighted by Crippen LogP contribution is -2.39. The molecule has 0 aliphatic carbocycles. The molecule has 33 heavy (non-hydrogen) atoms. The van der Waals surface area contributed by atoms with Crippen LogP contribution in [0.15, 0.2) is 35.6 Å². The Hall–Kier alpha value is -2.19. The summed E-state index contributed by atoms with van der Waals surface area (Å²) in [4.78, 5) is 19.1. The molecule has 0 bridgehead atoms. The first-order valence-corrected chi connectivity index (χ1v) is 13.5. The van der Waals surface area contributed by atoms with Crippen LogP contribution in [0.5, 0.6) is 0 Å². The van der Waals surface area contributed by atoms with Crippen molar-refractivity contribution in [1.29, 1.82) is 0 Å². The van der Waals surface area contributed by atoms with Crippen molar-refractivity contribution >= 4 is 15.7 Å². The number of nitrogens with zero attached hydrogens (tertiary/aromatic N) is 3. The molecule has 1 aliphatic rings. The lowest BCUT2D eigenvalue weighted by Gasteiger charge is -2.28. The molecular formula is C25H37N3O4S. The summed E-state index contributed by atoms with van der Waals surface area (Å²) in [6.07, 6.45) is 3.58. The van der Waals surface area contributed by atoms with Gasteiger partial charge in [0.05, 0.1) is 30.3 Å². The van der Waals surface area contributed by atoms with Gasteiger partial charge < -0.3 is 14.2 Å². The number of carbonyl (C=O) groups is 1. The Balaban J connectivity index is 1.93. The van der Waals surface area contributed by atoms with Gasteiger partial charge in [-0.1, -0.05) is 52.0 Å². The zero-order chi connectivity index (χ0) is 24.2. The lowest BCUT2D eigenvalue weighted by atomic mass is 10.1. The second-order valence-electron chi connectivity index (χ2n) is 9.73. The summed E-state index contributed by atoms with van der Waals surface area (Å²) < 4.78 is 34.3. The van der Waals surface area contributed by atoms with Gasteiger partial charge in [0.2, 0.25) is 20.9 Å². The zero-order valence-electron chi connectivity index (χ0n) is 20.5. The van der Waals surface area contributed by atoms with E-state index in [1.54, 1.807) is 15.7 Å². The number of hydrogen-bond donors (Lipinski definition) is 0. The Morgan fingerprint density at radius 3 is 2.58 bits per heavy atom. The number of imidazole rings is 1. The molecule has 1 aromatic carbocycles. The van der Waals surface area contributed by atoms with Crippen LogP contribution in [0.25, 0.3) is 0 Å². The van der Waals surface area contributed by atoms with Gasteiger partial charge in [-0.3, -0.25) is 4.79 Å². The molecule has 2 heterocycles. The van der Waals surface area contributed by atoms with Gasteiger partial charge in [-0.15, -0.1) is 0 Å². The van der Waals surface area contributed by atoms with Crippen molar-refractivity contribution in [3.63, 3.8) is 0 Å². The predicted molar refractivity (Wildman–Crippen MR) is 128 cm³/mol. The second-order valence-corrected chi connectivity index (χ2v) is 11.6. The first-order chi connectivity index (χ1) is 15.6. The van der Waals surface area contributed by atoms with Crippen LogP contribution in [0.1, 0.15) is 57.4 Å². The smallest absolute Gasteiger partial charge is 0.228 e. The third kappa shape index (κ3) is 6.44. The van der Waals surface area contributed by atoms with E-state index in [4.69, 9.17) is 4.74 Å². The molecule has 0 unspecified atom stereocenters. The minimum absolute atomic E-state index is 0.0263. The molecule has 3 rings (SSSR count). The number of amides is 1. The molecule has 1 amide bonds. The van der Waals surface area contributed by atoms with Gasteiger partial charge in [-0.05, 0) is 36.8 Å². The van der Waals surface area contributed by atoms with Crippen LogP contribution < -0.4 is 0 Å². The molecule has 8 heteroatoms. The van der Waals surface area contributed by atoms with Gasteiger partial charge in [0.15, 0.2) is 0 Å². The van der Waals surface area contributed by atoms with Crippen LogP contribution in [0, 0.1) is 18.8 Å². The normalized spacial score (nSPS) is 16.6. The fourth-order valence-corrected chi connectivity index (χ4v) is 5.80. The van der Waals surface area contributed by atoms with Gasteiger partial charge in [-0.2, -0.15) is 0 Å². The van der Waals surface area contributed by atoms with Crippen LogP contribution >= 0.6 is 0 Å². The topological polar surface area (TPSA) is 81.5 Å². The van der Waals surface area contributed by atoms with E-state index in [-0.39, 0.29) is 34.8 Å². The predicted octanol–water partition coefficient (Wildman–Crippen LogP) is 3.99. The van der Waals surface area contributed by atoms with Crippen molar-refractivity contribution in [3.05, 3.63) is 47.3 Å². The van der Waals surface area contributed by atoms with Gasteiger partial charge in [0.1, 0.15) is 0 Å². The maximum atomic E-state index is 13.4. The van der Waals surface area contributed by atoms with Crippen LogP contribution in [-0.4, -0.2) is 48.0 Å². The highest BCUT2D eigenvalue weighted by molar-refractivity contribution is 7.90. The average molecular weight is 476 g/mol. The molecule has 0 N–H and O–H groups in total. The number of aryl methyl sites for hydroxylation is 1. The van der Waals surface area contributed by atoms with Crippen LogP contribution in [0.2, 0.25) is 0 Å². The van der Waals surface area contributed by atoms with Crippen molar-refractivity contribution in [2.45, 2.75) is 77.6 Å². The minimum atomic E-state index is -3.66. The number of carbonyl (C=O) groups excluding carboxylic acids is 1. The SMILES string of the molecule is Cc1ccccc1CS(=O)(=O)c1ncc(CN(C[C@H]2CCCO2)C(=O)C(C)C)n1CC(C)C. The van der Waals surface area contributed by atoms with Crippen molar-refractivity contribution < 1.29 is 17.9 Å². The molecule has 1 aromatic heterocycles. The fourth-order valence-electron chi connectivity index (χ4n) is 4.20. The van der Waals surface area contributed by atoms with Gasteiger partial charge >= 0.3 is 0 Å². The molecule has 0 spiro atoms. The number of benzene rings is 1. The summed E-state index contributed by atoms with van der Waals surface area (Å²) in [5.74, 6) is 0.000658. The number of sulfone groups is 1. The minimum Gasteiger partial charge on any atom is -0.376 e. The Kier molecular flexibility index (Phi) is 8.34. The zero-order valence-corrected chi connectivity index (χ0v) is 21.3. The number of hydrogen-bond acceptors (Lipinski definition) is 5. The molecular weight excluding hydrogens is 438 g/mol. The van der Waals surface area contributed by atoms with E-state index in [2.05, 4.69) is 4.98 Å². The lowest BCUT2D eigenvalue weighted by molar-refractivity contribution is -0.136. The Morgan fingerprint density at radius 2 is 1.97 bits per heavy atom. The van der Waals surface area contributed by atoms with Crippen molar-refractivity contribution in [2.24, 2.45) is 11.8 Å². The van der Waals surface area contributed by atoms with Crippen molar-refractivity contribution in [3.8, 4) is 0 Å². The Labute approximate surface area is 198 Å². The molecule has 1 fully saturated rings. The van der Waals surface area contributed by atoms with E-state index in [1.807, 2.05) is 58.9 Å². The Morgan fingerprint density at radius 1 is 1.24 bits per heavy atom. The summed E-state index contributed by atoms with van der Waals surface area (Å²) >= 11 is 0. The summed E-state index contributed by atoms with van der Waals surface area (Å²) in [6, 6.07) is 7.51. The van der Waals surface area contributed by atoms with E-state index < -0.39 is 9.84 Å². The van der Waals surface area contributed by atoms with Crippen LogP contribution in [0.4, 0.5) is 0 Å². The van der Waals surface area contributed by atoms with Gasteiger partial charge in [0, 0.05) is 25.6 Å². The summed E-state index contributed by atoms with van der Waals surface area (Å²) in [5.41, 5.74) is 2.45. The third-order valence-electron chi connectivity index (χ3n) is 5.94. The first-order valence-electron chi connectivity index (χ1n) is 11.8. The van der Waals surface area contributed by atoms with E-state index in [0.717, 1.165) is 36.3 Å². The van der Waals surface area contributed by atoms with Crippen LogP contribution in [0.3, 0.4) is 0 Å². The van der Waals surface area contributed by atoms with Gasteiger partial charge in [-0.25, -0.2) is 13.4 Å². The second kappa shape index (κ2) is 10.8. The molecule has 7 nitrogen and oxygen atoms in total. The van der Waals surface area contributed by atoms with Crippen LogP contribution in [-0.2, 0) is 38.2 Å². The Bertz CT molecular complexity index is 1050. The summed E-state index contributed by atoms with van der Waals surface area (Å²) in [7, 11) is -3.66. The maximum Gasteiger partial charge on any atom is 0.228 e. The molecule has 0 saturated carbocycles. The molecule has 1 saturated heterocycles. The standard InChI is InChI=1S/C25H37N3O4S/c1-18(2)14-28-22(15-27(24(29)19(3)4)16-23-11-8-12-32-23)13-26-25(28)33(30,31)17-21-10-7-6-9-20(21)5/h6-7,9-10,13,18-19,23H,8,11-12,14-17H2,1-5H3/t23-/m1/s1. The van der Waals surface area contributed by atoms with E-state index in [9.17, 15) is 13.2 Å². The fraction of sp³-hybridized carbons (Fsp3) is 0.600. The highest BCUT2D eigenvalue weighted by Gasteiger charge is 2.29. The van der Waals surface area contributed by atoms with Gasteiger partial charge in [0.25, 0.3) is 0 Å². The quantitative estimate of drug-likeness (QED) is 0.519. The molecule has 1 aliphatic heterocycles. The number of rotatable bonds is 10. The highest BCUT2D eigenvalue weighted by Crippen LogP contribution is 2.23. The molecule has 0 radical (unpaired) electrons. The van der Waals surface area contributed by atoms with E-state index >= 15 is 0 Å². The van der Waals surface area contributed by atoms with E-state index in [1.165, 1.54) is 0 Å². The van der Waals surface area contributed by atoms with E-state index in [0.29, 0.717) is 19.6 Å².